The topological polar surface area (TPSA) is 80.6 Å². The number of ether oxygens (including phenoxy) is 1. The van der Waals surface area contributed by atoms with Crippen molar-refractivity contribution in [3.05, 3.63) is 35.9 Å². The molecule has 6 heteroatoms. The summed E-state index contributed by atoms with van der Waals surface area (Å²) >= 11 is 0. The van der Waals surface area contributed by atoms with E-state index in [2.05, 4.69) is 20.9 Å². The largest absolute Gasteiger partial charge is 0.481 e. The van der Waals surface area contributed by atoms with Crippen LogP contribution in [0.25, 0.3) is 0 Å². The fraction of sp³-hybridized carbons (Fsp3) is 0.500. The molecule has 2 aliphatic rings. The van der Waals surface area contributed by atoms with Crippen LogP contribution < -0.4 is 16.2 Å². The number of hydrogen-bond donors (Lipinski definition) is 2. The predicted molar refractivity (Wildman–Crippen MR) is 76.6 cm³/mol. The van der Waals surface area contributed by atoms with Gasteiger partial charge in [0.2, 0.25) is 5.88 Å². The summed E-state index contributed by atoms with van der Waals surface area (Å²) in [4.78, 5) is 8.94. The number of hydrogen-bond acceptors (Lipinski definition) is 6. The van der Waals surface area contributed by atoms with E-state index in [1.807, 2.05) is 12.3 Å². The van der Waals surface area contributed by atoms with E-state index in [4.69, 9.17) is 16.2 Å². The van der Waals surface area contributed by atoms with Gasteiger partial charge in [0.25, 0.3) is 0 Å². The molecule has 2 fully saturated rings. The molecule has 2 saturated heterocycles. The van der Waals surface area contributed by atoms with E-state index in [9.17, 15) is 0 Å². The first kappa shape index (κ1) is 13.1. The normalized spacial score (nSPS) is 26.2. The van der Waals surface area contributed by atoms with Gasteiger partial charge in [0.1, 0.15) is 5.82 Å². The third-order valence-corrected chi connectivity index (χ3v) is 4.25. The highest BCUT2D eigenvalue weighted by molar-refractivity contribution is 5.19. The Bertz CT molecular complexity index is 489. The SMILES string of the molecule is COc1ccc(CN2C3CC2CN(/C(N)=C/N)C3)cn1. The van der Waals surface area contributed by atoms with Gasteiger partial charge in [0.15, 0.2) is 0 Å². The number of methoxy groups -OCH3 is 1. The Balaban J connectivity index is 1.61. The van der Waals surface area contributed by atoms with Gasteiger partial charge < -0.3 is 21.1 Å². The van der Waals surface area contributed by atoms with Crippen molar-refractivity contribution in [1.82, 2.24) is 14.8 Å². The lowest BCUT2D eigenvalue weighted by Crippen LogP contribution is -2.68. The van der Waals surface area contributed by atoms with Crippen LogP contribution in [0.2, 0.25) is 0 Å². The van der Waals surface area contributed by atoms with E-state index >= 15 is 0 Å². The van der Waals surface area contributed by atoms with Gasteiger partial charge in [0, 0.05) is 50.2 Å². The van der Waals surface area contributed by atoms with Crippen LogP contribution in [-0.4, -0.2) is 47.1 Å². The summed E-state index contributed by atoms with van der Waals surface area (Å²) in [6.45, 7) is 2.85. The smallest absolute Gasteiger partial charge is 0.212 e. The van der Waals surface area contributed by atoms with Crippen LogP contribution in [-0.2, 0) is 6.54 Å². The maximum Gasteiger partial charge on any atom is 0.212 e. The Hall–Kier alpha value is -1.95. The van der Waals surface area contributed by atoms with Gasteiger partial charge in [-0.1, -0.05) is 6.07 Å². The predicted octanol–water partition coefficient (Wildman–Crippen LogP) is 0.0650. The summed E-state index contributed by atoms with van der Waals surface area (Å²) in [5.41, 5.74) is 12.6. The van der Waals surface area contributed by atoms with Gasteiger partial charge in [0.05, 0.1) is 7.11 Å². The summed E-state index contributed by atoms with van der Waals surface area (Å²) in [6, 6.07) is 5.11. The molecule has 108 valence electrons. The molecule has 0 aromatic carbocycles. The van der Waals surface area contributed by atoms with Crippen molar-refractivity contribution in [3.8, 4) is 5.88 Å². The molecule has 0 spiro atoms. The molecular weight excluding hydrogens is 254 g/mol. The molecule has 0 saturated carbocycles. The van der Waals surface area contributed by atoms with E-state index in [1.54, 1.807) is 7.11 Å². The molecule has 2 aliphatic heterocycles. The van der Waals surface area contributed by atoms with Crippen LogP contribution in [0.1, 0.15) is 12.0 Å². The summed E-state index contributed by atoms with van der Waals surface area (Å²) in [5.74, 6) is 1.34. The number of piperazine rings is 1. The van der Waals surface area contributed by atoms with Crippen LogP contribution in [0.3, 0.4) is 0 Å². The van der Waals surface area contributed by atoms with Crippen LogP contribution in [0, 0.1) is 0 Å². The lowest BCUT2D eigenvalue weighted by molar-refractivity contribution is -0.0647. The molecule has 20 heavy (non-hydrogen) atoms. The van der Waals surface area contributed by atoms with Gasteiger partial charge >= 0.3 is 0 Å². The summed E-state index contributed by atoms with van der Waals surface area (Å²) < 4.78 is 5.08. The molecule has 3 rings (SSSR count). The molecule has 1 aromatic rings. The van der Waals surface area contributed by atoms with Gasteiger partial charge in [-0.3, -0.25) is 4.90 Å². The number of nitrogens with two attached hydrogens (primary N) is 2. The second-order valence-corrected chi connectivity index (χ2v) is 5.42. The summed E-state index contributed by atoms with van der Waals surface area (Å²) in [5, 5.41) is 0. The molecule has 1 aromatic heterocycles. The molecule has 6 nitrogen and oxygen atoms in total. The van der Waals surface area contributed by atoms with Gasteiger partial charge in [-0.05, 0) is 12.0 Å². The first-order valence-corrected chi connectivity index (χ1v) is 6.88. The summed E-state index contributed by atoms with van der Waals surface area (Å²) in [7, 11) is 1.63. The van der Waals surface area contributed by atoms with E-state index in [-0.39, 0.29) is 0 Å². The number of nitrogens with zero attached hydrogens (tertiary/aromatic N) is 3. The van der Waals surface area contributed by atoms with Crippen molar-refractivity contribution < 1.29 is 4.74 Å². The minimum Gasteiger partial charge on any atom is -0.481 e. The Labute approximate surface area is 119 Å². The highest BCUT2D eigenvalue weighted by Gasteiger charge is 2.44. The van der Waals surface area contributed by atoms with Crippen molar-refractivity contribution >= 4 is 0 Å². The molecule has 2 atom stereocenters. The molecule has 2 bridgehead atoms. The molecular formula is C14H21N5O. The fourth-order valence-electron chi connectivity index (χ4n) is 3.10. The number of pyridine rings is 1. The van der Waals surface area contributed by atoms with Crippen molar-refractivity contribution in [3.63, 3.8) is 0 Å². The molecule has 4 N–H and O–H groups in total. The Kier molecular flexibility index (Phi) is 3.40. The lowest BCUT2D eigenvalue weighted by Gasteiger charge is -2.57. The highest BCUT2D eigenvalue weighted by Crippen LogP contribution is 2.34. The zero-order valence-electron chi connectivity index (χ0n) is 11.7. The minimum absolute atomic E-state index is 0.564. The Morgan fingerprint density at radius 2 is 2.20 bits per heavy atom. The molecule has 0 radical (unpaired) electrons. The molecule has 0 aliphatic carbocycles. The Morgan fingerprint density at radius 3 is 2.75 bits per heavy atom. The molecule has 3 heterocycles. The number of piperidine rings is 1. The first-order valence-electron chi connectivity index (χ1n) is 6.88. The van der Waals surface area contributed by atoms with Crippen LogP contribution in [0.5, 0.6) is 5.88 Å². The van der Waals surface area contributed by atoms with Gasteiger partial charge in [-0.15, -0.1) is 0 Å². The maximum atomic E-state index is 5.88. The van der Waals surface area contributed by atoms with Crippen molar-refractivity contribution in [2.24, 2.45) is 11.5 Å². The van der Waals surface area contributed by atoms with E-state index in [0.29, 0.717) is 23.8 Å². The lowest BCUT2D eigenvalue weighted by atomic mass is 9.87. The Morgan fingerprint density at radius 1 is 1.45 bits per heavy atom. The molecule has 0 amide bonds. The van der Waals surface area contributed by atoms with Crippen molar-refractivity contribution in [1.29, 1.82) is 0 Å². The average molecular weight is 275 g/mol. The third-order valence-electron chi connectivity index (χ3n) is 4.25. The van der Waals surface area contributed by atoms with E-state index < -0.39 is 0 Å². The zero-order valence-corrected chi connectivity index (χ0v) is 11.7. The molecule has 2 unspecified atom stereocenters. The van der Waals surface area contributed by atoms with E-state index in [1.165, 1.54) is 18.2 Å². The summed E-state index contributed by atoms with van der Waals surface area (Å²) in [6.07, 6.45) is 4.62. The standard InChI is InChI=1S/C14H21N5O/c1-20-14-3-2-10(6-17-14)7-19-11-4-12(19)9-18(8-11)13(16)5-15/h2-3,5-6,11-12H,4,7-9,15-16H2,1H3/b13-5+. The van der Waals surface area contributed by atoms with Crippen LogP contribution >= 0.6 is 0 Å². The van der Waals surface area contributed by atoms with Crippen LogP contribution in [0.4, 0.5) is 0 Å². The third kappa shape index (κ3) is 2.27. The second kappa shape index (κ2) is 5.20. The fourth-order valence-corrected chi connectivity index (χ4v) is 3.10. The number of fused-ring (bicyclic) bond motifs is 2. The first-order chi connectivity index (χ1) is 9.71. The average Bonchev–Trinajstić information content (AvgIpc) is 2.52. The van der Waals surface area contributed by atoms with Crippen molar-refractivity contribution in [2.45, 2.75) is 25.0 Å². The quantitative estimate of drug-likeness (QED) is 0.809. The van der Waals surface area contributed by atoms with Gasteiger partial charge in [-0.25, -0.2) is 4.98 Å². The highest BCUT2D eigenvalue weighted by atomic mass is 16.5. The van der Waals surface area contributed by atoms with Crippen molar-refractivity contribution in [2.75, 3.05) is 20.2 Å². The van der Waals surface area contributed by atoms with E-state index in [0.717, 1.165) is 19.6 Å². The minimum atomic E-state index is 0.564. The maximum absolute atomic E-state index is 5.88. The van der Waals surface area contributed by atoms with Gasteiger partial charge in [-0.2, -0.15) is 0 Å². The number of likely N-dealkylation sites (tertiary alicyclic amines) is 2. The zero-order chi connectivity index (χ0) is 14.1. The monoisotopic (exact) mass is 275 g/mol. The number of rotatable bonds is 4. The van der Waals surface area contributed by atoms with Crippen LogP contribution in [0.15, 0.2) is 30.4 Å². The number of aromatic nitrogens is 1. The second-order valence-electron chi connectivity index (χ2n) is 5.42.